The Hall–Kier alpha value is -1.34. The van der Waals surface area contributed by atoms with Gasteiger partial charge in [-0.05, 0) is 57.5 Å². The summed E-state index contributed by atoms with van der Waals surface area (Å²) in [5.74, 6) is -0.416. The number of nitrogens with two attached hydrogens (primary N) is 1. The van der Waals surface area contributed by atoms with E-state index in [0.717, 1.165) is 37.2 Å². The van der Waals surface area contributed by atoms with E-state index in [9.17, 15) is 9.59 Å². The van der Waals surface area contributed by atoms with Crippen molar-refractivity contribution in [3.8, 4) is 0 Å². The van der Waals surface area contributed by atoms with E-state index >= 15 is 0 Å². The van der Waals surface area contributed by atoms with E-state index < -0.39 is 0 Å². The summed E-state index contributed by atoms with van der Waals surface area (Å²) >= 11 is 0. The summed E-state index contributed by atoms with van der Waals surface area (Å²) in [6, 6.07) is 5.31. The summed E-state index contributed by atoms with van der Waals surface area (Å²) in [6.07, 6.45) is 3.57. The number of carbonyl (C=O) groups is 2. The number of piperidine rings is 1. The topological polar surface area (TPSA) is 87.5 Å². The highest BCUT2D eigenvalue weighted by atomic mass is 35.5. The number of aryl methyl sites for hydroxylation is 1. The number of benzene rings is 1. The highest BCUT2D eigenvalue weighted by molar-refractivity contribution is 5.96. The summed E-state index contributed by atoms with van der Waals surface area (Å²) in [4.78, 5) is 26.6. The maximum absolute atomic E-state index is 12.3. The summed E-state index contributed by atoms with van der Waals surface area (Å²) in [6.45, 7) is 7.93. The molecule has 2 amide bonds. The number of rotatable bonds is 6. The van der Waals surface area contributed by atoms with Gasteiger partial charge in [0, 0.05) is 17.4 Å². The van der Waals surface area contributed by atoms with E-state index in [-0.39, 0.29) is 48.6 Å². The minimum atomic E-state index is -0.279. The van der Waals surface area contributed by atoms with Crippen LogP contribution in [0.1, 0.15) is 38.7 Å². The number of anilines is 2. The van der Waals surface area contributed by atoms with Crippen molar-refractivity contribution in [2.24, 2.45) is 11.7 Å². The van der Waals surface area contributed by atoms with Crippen LogP contribution in [0.4, 0.5) is 11.4 Å². The van der Waals surface area contributed by atoms with Crippen molar-refractivity contribution in [2.75, 3.05) is 30.3 Å². The second-order valence-electron chi connectivity index (χ2n) is 7.05. The molecule has 0 aliphatic carbocycles. The normalized spacial score (nSPS) is 16.3. The molecule has 1 aliphatic rings. The van der Waals surface area contributed by atoms with E-state index in [1.54, 1.807) is 13.0 Å². The zero-order valence-corrected chi connectivity index (χ0v) is 17.9. The summed E-state index contributed by atoms with van der Waals surface area (Å²) in [5, 5.41) is 5.83. The average molecular weight is 419 g/mol. The molecule has 1 fully saturated rings. The Bertz CT molecular complexity index is 620. The molecule has 0 saturated carbocycles. The van der Waals surface area contributed by atoms with Gasteiger partial charge in [-0.15, -0.1) is 24.8 Å². The number of carbonyl (C=O) groups excluding carboxylic acids is 2. The lowest BCUT2D eigenvalue weighted by Gasteiger charge is -2.25. The fraction of sp³-hybridized carbons (Fsp3) is 0.579. The lowest BCUT2D eigenvalue weighted by molar-refractivity contribution is -0.120. The van der Waals surface area contributed by atoms with Gasteiger partial charge in [-0.2, -0.15) is 0 Å². The van der Waals surface area contributed by atoms with Crippen LogP contribution in [0.15, 0.2) is 18.2 Å². The number of likely N-dealkylation sites (tertiary alicyclic amines) is 1. The van der Waals surface area contributed by atoms with Crippen molar-refractivity contribution < 1.29 is 9.59 Å². The highest BCUT2D eigenvalue weighted by Gasteiger charge is 2.18. The standard InChI is InChI=1S/C19H30N4O2.2ClH/c1-13-7-8-16(21-19(25)14(2)15(3)20)11-17(13)22-18(24)12-23-9-5-4-6-10-23;;/h7-8,11,14-15H,4-6,9-10,12,20H2,1-3H3,(H,21,25)(H,22,24);2*1H. The molecule has 0 bridgehead atoms. The fourth-order valence-corrected chi connectivity index (χ4v) is 2.84. The van der Waals surface area contributed by atoms with Crippen LogP contribution in [0.2, 0.25) is 0 Å². The first kappa shape index (κ1) is 25.7. The lowest BCUT2D eigenvalue weighted by Crippen LogP contribution is -2.37. The van der Waals surface area contributed by atoms with Crippen LogP contribution in [0.5, 0.6) is 0 Å². The number of nitrogens with one attached hydrogen (secondary N) is 2. The maximum Gasteiger partial charge on any atom is 0.238 e. The molecule has 8 heteroatoms. The molecule has 6 nitrogen and oxygen atoms in total. The van der Waals surface area contributed by atoms with Crippen LogP contribution in [-0.4, -0.2) is 42.4 Å². The molecule has 0 aromatic heterocycles. The molecule has 1 aromatic carbocycles. The Morgan fingerprint density at radius 3 is 2.33 bits per heavy atom. The Kier molecular flexibility index (Phi) is 11.6. The first-order valence-corrected chi connectivity index (χ1v) is 9.06. The van der Waals surface area contributed by atoms with E-state index in [0.29, 0.717) is 12.2 Å². The molecule has 0 spiro atoms. The van der Waals surface area contributed by atoms with E-state index in [4.69, 9.17) is 5.73 Å². The van der Waals surface area contributed by atoms with Crippen molar-refractivity contribution in [3.63, 3.8) is 0 Å². The number of halogens is 2. The van der Waals surface area contributed by atoms with Gasteiger partial charge in [-0.1, -0.05) is 19.4 Å². The van der Waals surface area contributed by atoms with Gasteiger partial charge in [0.25, 0.3) is 0 Å². The smallest absolute Gasteiger partial charge is 0.238 e. The summed E-state index contributed by atoms with van der Waals surface area (Å²) in [7, 11) is 0. The molecule has 2 rings (SSSR count). The van der Waals surface area contributed by atoms with Crippen LogP contribution in [0.25, 0.3) is 0 Å². The minimum Gasteiger partial charge on any atom is -0.327 e. The van der Waals surface area contributed by atoms with Gasteiger partial charge in [-0.3, -0.25) is 14.5 Å². The fourth-order valence-electron chi connectivity index (χ4n) is 2.84. The van der Waals surface area contributed by atoms with Crippen molar-refractivity contribution in [2.45, 2.75) is 46.1 Å². The van der Waals surface area contributed by atoms with E-state index in [1.165, 1.54) is 6.42 Å². The van der Waals surface area contributed by atoms with Crippen molar-refractivity contribution in [3.05, 3.63) is 23.8 Å². The molecule has 1 aromatic rings. The molecule has 2 unspecified atom stereocenters. The number of nitrogens with zero attached hydrogens (tertiary/aromatic N) is 1. The molecular weight excluding hydrogens is 387 g/mol. The molecule has 1 saturated heterocycles. The number of hydrogen-bond acceptors (Lipinski definition) is 4. The SMILES string of the molecule is Cc1ccc(NC(=O)C(C)C(C)N)cc1NC(=O)CN1CCCCC1.Cl.Cl. The van der Waals surface area contributed by atoms with Crippen LogP contribution in [-0.2, 0) is 9.59 Å². The number of hydrogen-bond donors (Lipinski definition) is 3. The number of amides is 2. The largest absolute Gasteiger partial charge is 0.327 e. The molecule has 154 valence electrons. The van der Waals surface area contributed by atoms with Gasteiger partial charge in [0.15, 0.2) is 0 Å². The van der Waals surface area contributed by atoms with Crippen molar-refractivity contribution in [1.29, 1.82) is 0 Å². The molecule has 0 radical (unpaired) electrons. The second kappa shape index (κ2) is 12.2. The lowest BCUT2D eigenvalue weighted by atomic mass is 10.0. The van der Waals surface area contributed by atoms with Crippen LogP contribution < -0.4 is 16.4 Å². The Morgan fingerprint density at radius 1 is 1.11 bits per heavy atom. The molecular formula is C19H32Cl2N4O2. The summed E-state index contributed by atoms with van der Waals surface area (Å²) in [5.41, 5.74) is 8.13. The molecule has 1 heterocycles. The van der Waals surface area contributed by atoms with E-state index in [2.05, 4.69) is 15.5 Å². The van der Waals surface area contributed by atoms with Gasteiger partial charge in [0.05, 0.1) is 12.5 Å². The predicted molar refractivity (Wildman–Crippen MR) is 116 cm³/mol. The maximum atomic E-state index is 12.3. The Morgan fingerprint density at radius 2 is 1.74 bits per heavy atom. The molecule has 27 heavy (non-hydrogen) atoms. The highest BCUT2D eigenvalue weighted by Crippen LogP contribution is 2.21. The van der Waals surface area contributed by atoms with Gasteiger partial charge < -0.3 is 16.4 Å². The van der Waals surface area contributed by atoms with Crippen molar-refractivity contribution in [1.82, 2.24) is 4.90 Å². The Balaban J connectivity index is 0.00000338. The van der Waals surface area contributed by atoms with Crippen molar-refractivity contribution >= 4 is 48.0 Å². The quantitative estimate of drug-likeness (QED) is 0.661. The second-order valence-corrected chi connectivity index (χ2v) is 7.05. The third-order valence-electron chi connectivity index (χ3n) is 4.80. The van der Waals surface area contributed by atoms with Crippen LogP contribution in [0, 0.1) is 12.8 Å². The third-order valence-corrected chi connectivity index (χ3v) is 4.80. The van der Waals surface area contributed by atoms with Gasteiger partial charge in [0.2, 0.25) is 11.8 Å². The zero-order chi connectivity index (χ0) is 18.4. The average Bonchev–Trinajstić information content (AvgIpc) is 2.57. The summed E-state index contributed by atoms with van der Waals surface area (Å²) < 4.78 is 0. The first-order chi connectivity index (χ1) is 11.9. The van der Waals surface area contributed by atoms with Gasteiger partial charge in [0.1, 0.15) is 0 Å². The molecule has 2 atom stereocenters. The Labute approximate surface area is 174 Å². The van der Waals surface area contributed by atoms with Gasteiger partial charge in [-0.25, -0.2) is 0 Å². The minimum absolute atomic E-state index is 0. The predicted octanol–water partition coefficient (Wildman–Crippen LogP) is 3.18. The molecule has 1 aliphatic heterocycles. The third kappa shape index (κ3) is 8.05. The molecule has 4 N–H and O–H groups in total. The zero-order valence-electron chi connectivity index (χ0n) is 16.3. The van der Waals surface area contributed by atoms with E-state index in [1.807, 2.05) is 26.0 Å². The van der Waals surface area contributed by atoms with Crippen LogP contribution >= 0.6 is 24.8 Å². The van der Waals surface area contributed by atoms with Gasteiger partial charge >= 0.3 is 0 Å². The monoisotopic (exact) mass is 418 g/mol. The first-order valence-electron chi connectivity index (χ1n) is 9.06. The van der Waals surface area contributed by atoms with Crippen LogP contribution in [0.3, 0.4) is 0 Å².